The van der Waals surface area contributed by atoms with E-state index < -0.39 is 5.91 Å². The van der Waals surface area contributed by atoms with Crippen LogP contribution in [0, 0.1) is 6.92 Å². The minimum absolute atomic E-state index is 0.282. The molecule has 1 aromatic carbocycles. The van der Waals surface area contributed by atoms with Crippen molar-refractivity contribution < 1.29 is 9.53 Å². The average Bonchev–Trinajstić information content (AvgIpc) is 2.77. The topological polar surface area (TPSA) is 96.2 Å². The van der Waals surface area contributed by atoms with Crippen molar-refractivity contribution >= 4 is 11.6 Å². The van der Waals surface area contributed by atoms with E-state index in [2.05, 4.69) is 5.10 Å². The van der Waals surface area contributed by atoms with E-state index in [0.29, 0.717) is 18.0 Å². The number of hydrogen-bond donors (Lipinski definition) is 2. The van der Waals surface area contributed by atoms with E-state index in [1.54, 1.807) is 12.1 Å². The normalized spacial score (nSPS) is 10.5. The summed E-state index contributed by atoms with van der Waals surface area (Å²) in [6.45, 7) is 5.01. The van der Waals surface area contributed by atoms with Gasteiger partial charge in [-0.1, -0.05) is 0 Å². The molecule has 1 aromatic heterocycles. The van der Waals surface area contributed by atoms with Crippen molar-refractivity contribution in [3.63, 3.8) is 0 Å². The van der Waals surface area contributed by atoms with Crippen molar-refractivity contribution in [1.82, 2.24) is 9.78 Å². The van der Waals surface area contributed by atoms with E-state index in [1.165, 1.54) is 6.07 Å². The Hall–Kier alpha value is -2.50. The first-order valence-corrected chi connectivity index (χ1v) is 6.36. The number of primary amides is 1. The van der Waals surface area contributed by atoms with Crippen molar-refractivity contribution in [2.45, 2.75) is 27.0 Å². The first kappa shape index (κ1) is 13.9. The second kappa shape index (κ2) is 5.64. The maximum atomic E-state index is 11.4. The van der Waals surface area contributed by atoms with E-state index in [-0.39, 0.29) is 5.56 Å². The summed E-state index contributed by atoms with van der Waals surface area (Å²) in [6, 6.07) is 6.78. The van der Waals surface area contributed by atoms with E-state index in [4.69, 9.17) is 16.2 Å². The van der Waals surface area contributed by atoms with Crippen molar-refractivity contribution in [2.24, 2.45) is 5.73 Å². The predicted octanol–water partition coefficient (Wildman–Crippen LogP) is 1.47. The molecule has 2 aromatic rings. The van der Waals surface area contributed by atoms with Gasteiger partial charge in [0.25, 0.3) is 5.91 Å². The summed E-state index contributed by atoms with van der Waals surface area (Å²) in [5, 5.41) is 4.34. The summed E-state index contributed by atoms with van der Waals surface area (Å²) in [5.41, 5.74) is 13.6. The van der Waals surface area contributed by atoms with Crippen LogP contribution in [0.2, 0.25) is 0 Å². The second-order valence-electron chi connectivity index (χ2n) is 4.50. The van der Waals surface area contributed by atoms with Crippen LogP contribution in [-0.4, -0.2) is 15.7 Å². The van der Waals surface area contributed by atoms with Crippen LogP contribution < -0.4 is 16.2 Å². The lowest BCUT2D eigenvalue weighted by molar-refractivity contribution is 0.0996. The summed E-state index contributed by atoms with van der Waals surface area (Å²) in [5.74, 6) is -0.138. The van der Waals surface area contributed by atoms with Gasteiger partial charge >= 0.3 is 0 Å². The Kier molecular flexibility index (Phi) is 3.93. The van der Waals surface area contributed by atoms with Gasteiger partial charge < -0.3 is 16.2 Å². The molecule has 0 bridgehead atoms. The Morgan fingerprint density at radius 1 is 1.40 bits per heavy atom. The molecule has 1 heterocycles. The zero-order valence-electron chi connectivity index (χ0n) is 11.6. The van der Waals surface area contributed by atoms with E-state index in [1.807, 2.05) is 24.6 Å². The Labute approximate surface area is 117 Å². The molecule has 0 saturated heterocycles. The molecule has 6 heteroatoms. The highest BCUT2D eigenvalue weighted by Gasteiger charge is 2.11. The molecule has 4 N–H and O–H groups in total. The minimum atomic E-state index is -0.563. The summed E-state index contributed by atoms with van der Waals surface area (Å²) >= 11 is 0. The molecule has 0 saturated carbocycles. The first-order chi connectivity index (χ1) is 9.51. The molecule has 0 radical (unpaired) electrons. The third-order valence-corrected chi connectivity index (χ3v) is 2.93. The molecule has 0 unspecified atom stereocenters. The fourth-order valence-electron chi connectivity index (χ4n) is 2.01. The van der Waals surface area contributed by atoms with Crippen LogP contribution in [0.25, 0.3) is 0 Å². The molecule has 106 valence electrons. The van der Waals surface area contributed by atoms with Crippen molar-refractivity contribution in [1.29, 1.82) is 0 Å². The van der Waals surface area contributed by atoms with Crippen molar-refractivity contribution in [3.8, 4) is 5.75 Å². The van der Waals surface area contributed by atoms with Crippen LogP contribution in [0.15, 0.2) is 24.3 Å². The van der Waals surface area contributed by atoms with Crippen LogP contribution in [0.3, 0.4) is 0 Å². The third kappa shape index (κ3) is 2.90. The van der Waals surface area contributed by atoms with Gasteiger partial charge in [0.05, 0.1) is 17.0 Å². The molecule has 0 fully saturated rings. The number of nitrogens with two attached hydrogens (primary N) is 2. The van der Waals surface area contributed by atoms with Crippen LogP contribution in [0.1, 0.15) is 28.7 Å². The minimum Gasteiger partial charge on any atom is -0.486 e. The number of aryl methyl sites for hydroxylation is 2. The maximum absolute atomic E-state index is 11.4. The zero-order valence-corrected chi connectivity index (χ0v) is 11.6. The van der Waals surface area contributed by atoms with Gasteiger partial charge in [0, 0.05) is 12.2 Å². The highest BCUT2D eigenvalue weighted by molar-refractivity contribution is 5.96. The maximum Gasteiger partial charge on any atom is 0.252 e. The molecular weight excluding hydrogens is 256 g/mol. The molecule has 0 aliphatic rings. The molecule has 1 amide bonds. The smallest absolute Gasteiger partial charge is 0.252 e. The molecule has 0 aliphatic carbocycles. The Balaban J connectivity index is 2.20. The molecule has 0 spiro atoms. The number of anilines is 1. The summed E-state index contributed by atoms with van der Waals surface area (Å²) in [6.07, 6.45) is 0. The fraction of sp³-hybridized carbons (Fsp3) is 0.286. The highest BCUT2D eigenvalue weighted by Crippen LogP contribution is 2.22. The molecule has 2 rings (SSSR count). The molecular formula is C14H18N4O2. The van der Waals surface area contributed by atoms with Crippen LogP contribution in [0.5, 0.6) is 5.75 Å². The Morgan fingerprint density at radius 3 is 2.80 bits per heavy atom. The molecule has 0 aliphatic heterocycles. The number of ether oxygens (including phenoxy) is 1. The number of amides is 1. The lowest BCUT2D eigenvalue weighted by Crippen LogP contribution is -2.14. The van der Waals surface area contributed by atoms with Crippen LogP contribution in [-0.2, 0) is 13.2 Å². The van der Waals surface area contributed by atoms with E-state index in [9.17, 15) is 4.79 Å². The number of carbonyl (C=O) groups is 1. The quantitative estimate of drug-likeness (QED) is 0.807. The summed E-state index contributed by atoms with van der Waals surface area (Å²) < 4.78 is 7.54. The summed E-state index contributed by atoms with van der Waals surface area (Å²) in [4.78, 5) is 11.4. The number of benzene rings is 1. The predicted molar refractivity (Wildman–Crippen MR) is 76.3 cm³/mol. The third-order valence-electron chi connectivity index (χ3n) is 2.93. The number of nitrogens with zero attached hydrogens (tertiary/aromatic N) is 2. The highest BCUT2D eigenvalue weighted by atomic mass is 16.5. The van der Waals surface area contributed by atoms with Gasteiger partial charge in [0.1, 0.15) is 12.4 Å². The Morgan fingerprint density at radius 2 is 2.15 bits per heavy atom. The molecule has 0 atom stereocenters. The van der Waals surface area contributed by atoms with Crippen molar-refractivity contribution in [3.05, 3.63) is 41.2 Å². The lowest BCUT2D eigenvalue weighted by Gasteiger charge is -2.11. The monoisotopic (exact) mass is 274 g/mol. The van der Waals surface area contributed by atoms with Crippen LogP contribution >= 0.6 is 0 Å². The van der Waals surface area contributed by atoms with Gasteiger partial charge in [-0.15, -0.1) is 0 Å². The van der Waals surface area contributed by atoms with Gasteiger partial charge in [-0.25, -0.2) is 0 Å². The van der Waals surface area contributed by atoms with Gasteiger partial charge in [0.2, 0.25) is 0 Å². The van der Waals surface area contributed by atoms with E-state index in [0.717, 1.165) is 17.9 Å². The number of rotatable bonds is 5. The largest absolute Gasteiger partial charge is 0.486 e. The second-order valence-corrected chi connectivity index (χ2v) is 4.50. The standard InChI is InChI=1S/C14H18N4O2/c1-3-18-11(6-9(2)17-18)8-20-13-5-4-10(15)7-12(13)14(16)19/h4-7H,3,8,15H2,1-2H3,(H2,16,19). The molecule has 20 heavy (non-hydrogen) atoms. The van der Waals surface area contributed by atoms with E-state index >= 15 is 0 Å². The Bertz CT molecular complexity index is 634. The zero-order chi connectivity index (χ0) is 14.7. The van der Waals surface area contributed by atoms with Crippen LogP contribution in [0.4, 0.5) is 5.69 Å². The average molecular weight is 274 g/mol. The number of nitrogen functional groups attached to an aromatic ring is 1. The number of carbonyl (C=O) groups excluding carboxylic acids is 1. The first-order valence-electron chi connectivity index (χ1n) is 6.36. The fourth-order valence-corrected chi connectivity index (χ4v) is 2.01. The van der Waals surface area contributed by atoms with Gasteiger partial charge in [-0.3, -0.25) is 9.48 Å². The van der Waals surface area contributed by atoms with Gasteiger partial charge in [-0.05, 0) is 38.1 Å². The summed E-state index contributed by atoms with van der Waals surface area (Å²) in [7, 11) is 0. The van der Waals surface area contributed by atoms with Gasteiger partial charge in [-0.2, -0.15) is 5.10 Å². The van der Waals surface area contributed by atoms with Gasteiger partial charge in [0.15, 0.2) is 0 Å². The number of aromatic nitrogens is 2. The molecule has 6 nitrogen and oxygen atoms in total. The SMILES string of the molecule is CCn1nc(C)cc1COc1ccc(N)cc1C(N)=O. The van der Waals surface area contributed by atoms with Crippen molar-refractivity contribution in [2.75, 3.05) is 5.73 Å². The number of hydrogen-bond acceptors (Lipinski definition) is 4. The lowest BCUT2D eigenvalue weighted by atomic mass is 10.1.